The Labute approximate surface area is 179 Å². The number of nitrogens with one attached hydrogen (secondary N) is 1. The van der Waals surface area contributed by atoms with Gasteiger partial charge >= 0.3 is 0 Å². The number of fused-ring (bicyclic) bond motifs is 1. The second kappa shape index (κ2) is 9.68. The molecule has 1 unspecified atom stereocenters. The van der Waals surface area contributed by atoms with Crippen molar-refractivity contribution in [1.82, 2.24) is 20.1 Å². The average molecular weight is 479 g/mol. The summed E-state index contributed by atoms with van der Waals surface area (Å²) in [7, 11) is 1.88. The number of hydrogen-bond donors (Lipinski definition) is 1. The van der Waals surface area contributed by atoms with Crippen LogP contribution in [0.4, 0.5) is 0 Å². The Kier molecular flexibility index (Phi) is 7.29. The van der Waals surface area contributed by atoms with E-state index >= 15 is 0 Å². The average Bonchev–Trinajstić information content (AvgIpc) is 3.19. The van der Waals surface area contributed by atoms with Crippen molar-refractivity contribution in [1.29, 1.82) is 0 Å². The van der Waals surface area contributed by atoms with Crippen molar-refractivity contribution >= 4 is 40.7 Å². The molecule has 6 heteroatoms. The number of benzene rings is 1. The fourth-order valence-electron chi connectivity index (χ4n) is 4.33. The van der Waals surface area contributed by atoms with Crippen LogP contribution in [0.5, 0.6) is 0 Å². The maximum atomic E-state index is 4.58. The highest BCUT2D eigenvalue weighted by Gasteiger charge is 2.29. The molecular formula is C21H30IN5. The number of hydrogen-bond acceptors (Lipinski definition) is 3. The summed E-state index contributed by atoms with van der Waals surface area (Å²) in [6, 6.07) is 11.2. The minimum absolute atomic E-state index is 0. The van der Waals surface area contributed by atoms with Gasteiger partial charge in [0.15, 0.2) is 5.96 Å². The summed E-state index contributed by atoms with van der Waals surface area (Å²) >= 11 is 0. The van der Waals surface area contributed by atoms with Gasteiger partial charge in [0.25, 0.3) is 0 Å². The molecule has 27 heavy (non-hydrogen) atoms. The first-order valence-electron chi connectivity index (χ1n) is 9.87. The van der Waals surface area contributed by atoms with E-state index in [2.05, 4.69) is 55.4 Å². The number of likely N-dealkylation sites (tertiary alicyclic amines) is 2. The Bertz CT molecular complexity index is 767. The summed E-state index contributed by atoms with van der Waals surface area (Å²) in [6.45, 7) is 5.42. The van der Waals surface area contributed by atoms with Crippen LogP contribution in [0.1, 0.15) is 31.4 Å². The van der Waals surface area contributed by atoms with E-state index in [1.807, 2.05) is 13.2 Å². The lowest BCUT2D eigenvalue weighted by atomic mass is 10.1. The fraction of sp³-hybridized carbons (Fsp3) is 0.524. The smallest absolute Gasteiger partial charge is 0.194 e. The molecule has 0 bridgehead atoms. The maximum absolute atomic E-state index is 4.58. The molecule has 0 saturated carbocycles. The first-order valence-corrected chi connectivity index (χ1v) is 9.87. The number of guanidine groups is 1. The third-order valence-corrected chi connectivity index (χ3v) is 5.75. The molecule has 1 atom stereocenters. The van der Waals surface area contributed by atoms with Gasteiger partial charge in [0, 0.05) is 37.8 Å². The Morgan fingerprint density at radius 2 is 1.96 bits per heavy atom. The lowest BCUT2D eigenvalue weighted by Gasteiger charge is -2.32. The predicted octanol–water partition coefficient (Wildman–Crippen LogP) is 3.49. The molecule has 1 N–H and O–H groups in total. The van der Waals surface area contributed by atoms with Gasteiger partial charge in [-0.25, -0.2) is 0 Å². The van der Waals surface area contributed by atoms with E-state index in [4.69, 9.17) is 0 Å². The first kappa shape index (κ1) is 20.3. The van der Waals surface area contributed by atoms with Crippen LogP contribution in [0.2, 0.25) is 0 Å². The Morgan fingerprint density at radius 1 is 1.15 bits per heavy atom. The van der Waals surface area contributed by atoms with Gasteiger partial charge in [0.1, 0.15) is 0 Å². The summed E-state index contributed by atoms with van der Waals surface area (Å²) in [6.07, 6.45) is 7.25. The summed E-state index contributed by atoms with van der Waals surface area (Å²) in [5, 5.41) is 5.99. The first-order chi connectivity index (χ1) is 12.8. The molecule has 1 aromatic heterocycles. The molecule has 2 aromatic rings. The molecule has 0 spiro atoms. The van der Waals surface area contributed by atoms with Gasteiger partial charge in [0.05, 0.1) is 12.2 Å². The lowest BCUT2D eigenvalue weighted by Crippen LogP contribution is -2.44. The van der Waals surface area contributed by atoms with E-state index in [0.29, 0.717) is 12.6 Å². The van der Waals surface area contributed by atoms with Gasteiger partial charge in [-0.3, -0.25) is 14.9 Å². The third-order valence-electron chi connectivity index (χ3n) is 5.75. The second-order valence-electron chi connectivity index (χ2n) is 7.36. The SMILES string of the molecule is CN=C(NCc1nccc2ccccc12)N1CCC(N2CCCCC2)C1.I. The van der Waals surface area contributed by atoms with Crippen LogP contribution in [-0.2, 0) is 6.54 Å². The van der Waals surface area contributed by atoms with Crippen molar-refractivity contribution in [3.63, 3.8) is 0 Å². The Morgan fingerprint density at radius 3 is 2.78 bits per heavy atom. The summed E-state index contributed by atoms with van der Waals surface area (Å²) in [5.41, 5.74) is 1.08. The topological polar surface area (TPSA) is 43.8 Å². The molecule has 5 nitrogen and oxygen atoms in total. The molecule has 2 fully saturated rings. The van der Waals surface area contributed by atoms with Crippen LogP contribution in [0, 0.1) is 0 Å². The number of aromatic nitrogens is 1. The molecule has 2 saturated heterocycles. The minimum atomic E-state index is 0. The highest BCUT2D eigenvalue weighted by Crippen LogP contribution is 2.21. The summed E-state index contributed by atoms with van der Waals surface area (Å²) < 4.78 is 0. The number of rotatable bonds is 3. The second-order valence-corrected chi connectivity index (χ2v) is 7.36. The van der Waals surface area contributed by atoms with E-state index in [1.54, 1.807) is 0 Å². The maximum Gasteiger partial charge on any atom is 0.194 e. The Hall–Kier alpha value is -1.41. The van der Waals surface area contributed by atoms with Crippen molar-refractivity contribution < 1.29 is 0 Å². The molecule has 2 aliphatic heterocycles. The number of halogens is 1. The van der Waals surface area contributed by atoms with Crippen LogP contribution in [0.3, 0.4) is 0 Å². The quantitative estimate of drug-likeness (QED) is 0.416. The standard InChI is InChI=1S/C21H29N5.HI/c1-22-21(26-14-10-18(16-26)25-12-5-2-6-13-25)24-15-20-19-8-4-3-7-17(19)9-11-23-20;/h3-4,7-9,11,18H,2,5-6,10,12-16H2,1H3,(H,22,24);1H. The number of nitrogens with zero attached hydrogens (tertiary/aromatic N) is 4. The zero-order valence-electron chi connectivity index (χ0n) is 16.1. The van der Waals surface area contributed by atoms with Crippen molar-refractivity contribution in [3.05, 3.63) is 42.2 Å². The van der Waals surface area contributed by atoms with Gasteiger partial charge in [-0.2, -0.15) is 0 Å². The molecule has 0 aliphatic carbocycles. The molecule has 0 radical (unpaired) electrons. The van der Waals surface area contributed by atoms with E-state index in [9.17, 15) is 0 Å². The zero-order valence-corrected chi connectivity index (χ0v) is 18.4. The molecule has 0 amide bonds. The van der Waals surface area contributed by atoms with E-state index in [0.717, 1.165) is 24.7 Å². The monoisotopic (exact) mass is 479 g/mol. The van der Waals surface area contributed by atoms with Gasteiger partial charge < -0.3 is 10.2 Å². The van der Waals surface area contributed by atoms with E-state index in [1.165, 1.54) is 49.5 Å². The molecule has 2 aliphatic rings. The lowest BCUT2D eigenvalue weighted by molar-refractivity contribution is 0.168. The Balaban J connectivity index is 0.00000210. The summed E-state index contributed by atoms with van der Waals surface area (Å²) in [4.78, 5) is 14.2. The molecule has 1 aromatic carbocycles. The van der Waals surface area contributed by atoms with Crippen molar-refractivity contribution in [2.24, 2.45) is 4.99 Å². The van der Waals surface area contributed by atoms with E-state index in [-0.39, 0.29) is 24.0 Å². The van der Waals surface area contributed by atoms with Crippen LogP contribution >= 0.6 is 24.0 Å². The minimum Gasteiger partial charge on any atom is -0.351 e. The fourth-order valence-corrected chi connectivity index (χ4v) is 4.33. The third kappa shape index (κ3) is 4.71. The van der Waals surface area contributed by atoms with Crippen LogP contribution in [0.25, 0.3) is 10.8 Å². The highest BCUT2D eigenvalue weighted by atomic mass is 127. The van der Waals surface area contributed by atoms with Gasteiger partial charge in [0.2, 0.25) is 0 Å². The van der Waals surface area contributed by atoms with E-state index < -0.39 is 0 Å². The zero-order chi connectivity index (χ0) is 17.8. The van der Waals surface area contributed by atoms with Crippen molar-refractivity contribution in [3.8, 4) is 0 Å². The van der Waals surface area contributed by atoms with Crippen molar-refractivity contribution in [2.75, 3.05) is 33.2 Å². The summed E-state index contributed by atoms with van der Waals surface area (Å²) in [5.74, 6) is 0.999. The van der Waals surface area contributed by atoms with Crippen LogP contribution in [0.15, 0.2) is 41.5 Å². The highest BCUT2D eigenvalue weighted by molar-refractivity contribution is 14.0. The molecule has 4 rings (SSSR count). The number of pyridine rings is 1. The molecular weight excluding hydrogens is 449 g/mol. The molecule has 3 heterocycles. The largest absolute Gasteiger partial charge is 0.351 e. The van der Waals surface area contributed by atoms with Crippen LogP contribution < -0.4 is 5.32 Å². The van der Waals surface area contributed by atoms with Crippen molar-refractivity contribution in [2.45, 2.75) is 38.3 Å². The number of aliphatic imine (C=N–C) groups is 1. The normalized spacial score (nSPS) is 21.3. The predicted molar refractivity (Wildman–Crippen MR) is 123 cm³/mol. The van der Waals surface area contributed by atoms with Gasteiger partial charge in [-0.05, 0) is 43.8 Å². The van der Waals surface area contributed by atoms with Gasteiger partial charge in [-0.15, -0.1) is 24.0 Å². The molecule has 146 valence electrons. The van der Waals surface area contributed by atoms with Gasteiger partial charge in [-0.1, -0.05) is 30.7 Å². The van der Waals surface area contributed by atoms with Crippen LogP contribution in [-0.4, -0.2) is 60.0 Å². The number of piperidine rings is 1.